The van der Waals surface area contributed by atoms with Crippen LogP contribution >= 0.6 is 12.4 Å². The lowest BCUT2D eigenvalue weighted by atomic mass is 9.65. The molecule has 2 aliphatic carbocycles. The van der Waals surface area contributed by atoms with Crippen molar-refractivity contribution in [2.45, 2.75) is 44.2 Å². The number of carbonyl (C=O) groups is 1. The highest BCUT2D eigenvalue weighted by Gasteiger charge is 2.40. The van der Waals surface area contributed by atoms with E-state index in [2.05, 4.69) is 10.4 Å². The van der Waals surface area contributed by atoms with Crippen LogP contribution in [0.2, 0.25) is 0 Å². The molecule has 6 nitrogen and oxygen atoms in total. The standard InChI is InChI=1S/C16H26N4O2.ClH/c1-20-9-13(7-19-20)14(21)8-18-16(22)12-5-10-3-2-4-11(6-12)15(10)17;/h7,9-12,14-15,21H,2-6,8,17H2,1H3,(H,18,22);1H. The predicted octanol–water partition coefficient (Wildman–Crippen LogP) is 1.15. The van der Waals surface area contributed by atoms with Crippen LogP contribution in [0.15, 0.2) is 12.4 Å². The first-order chi connectivity index (χ1) is 10.5. The summed E-state index contributed by atoms with van der Waals surface area (Å²) < 4.78 is 1.64. The molecule has 0 radical (unpaired) electrons. The van der Waals surface area contributed by atoms with Gasteiger partial charge < -0.3 is 16.2 Å². The molecular formula is C16H27ClN4O2. The van der Waals surface area contributed by atoms with Crippen molar-refractivity contribution >= 4 is 18.3 Å². The van der Waals surface area contributed by atoms with E-state index in [1.807, 2.05) is 0 Å². The lowest BCUT2D eigenvalue weighted by Crippen LogP contribution is -2.49. The van der Waals surface area contributed by atoms with Crippen molar-refractivity contribution in [3.8, 4) is 0 Å². The second-order valence-electron chi connectivity index (χ2n) is 6.91. The van der Waals surface area contributed by atoms with Crippen molar-refractivity contribution in [3.05, 3.63) is 18.0 Å². The minimum absolute atomic E-state index is 0. The summed E-state index contributed by atoms with van der Waals surface area (Å²) in [5.74, 6) is 1.10. The van der Waals surface area contributed by atoms with Crippen LogP contribution in [-0.4, -0.2) is 33.4 Å². The predicted molar refractivity (Wildman–Crippen MR) is 90.0 cm³/mol. The fourth-order valence-corrected chi connectivity index (χ4v) is 4.07. The number of nitrogens with two attached hydrogens (primary N) is 1. The van der Waals surface area contributed by atoms with Gasteiger partial charge in [0.05, 0.1) is 12.3 Å². The number of aliphatic hydroxyl groups is 1. The van der Waals surface area contributed by atoms with Crippen LogP contribution in [0.3, 0.4) is 0 Å². The minimum atomic E-state index is -0.706. The van der Waals surface area contributed by atoms with E-state index in [4.69, 9.17) is 5.73 Å². The highest BCUT2D eigenvalue weighted by Crippen LogP contribution is 2.41. The van der Waals surface area contributed by atoms with Crippen molar-refractivity contribution < 1.29 is 9.90 Å². The zero-order valence-electron chi connectivity index (χ0n) is 13.5. The summed E-state index contributed by atoms with van der Waals surface area (Å²) in [4.78, 5) is 12.4. The van der Waals surface area contributed by atoms with Gasteiger partial charge in [0.25, 0.3) is 0 Å². The maximum Gasteiger partial charge on any atom is 0.223 e. The Hall–Kier alpha value is -1.11. The molecule has 23 heavy (non-hydrogen) atoms. The van der Waals surface area contributed by atoms with Crippen LogP contribution in [-0.2, 0) is 11.8 Å². The van der Waals surface area contributed by atoms with Crippen molar-refractivity contribution in [2.75, 3.05) is 6.54 Å². The zero-order chi connectivity index (χ0) is 15.7. The van der Waals surface area contributed by atoms with E-state index in [0.717, 1.165) is 31.2 Å². The maximum absolute atomic E-state index is 12.4. The number of fused-ring (bicyclic) bond motifs is 2. The van der Waals surface area contributed by atoms with Crippen LogP contribution in [0.1, 0.15) is 43.8 Å². The highest BCUT2D eigenvalue weighted by molar-refractivity contribution is 5.85. The van der Waals surface area contributed by atoms with Crippen molar-refractivity contribution in [3.63, 3.8) is 0 Å². The van der Waals surface area contributed by atoms with Gasteiger partial charge in [-0.25, -0.2) is 0 Å². The summed E-state index contributed by atoms with van der Waals surface area (Å²) in [7, 11) is 1.80. The number of nitrogens with zero attached hydrogens (tertiary/aromatic N) is 2. The third kappa shape index (κ3) is 4.05. The van der Waals surface area contributed by atoms with Gasteiger partial charge in [-0.3, -0.25) is 9.48 Å². The number of carbonyl (C=O) groups excluding carboxylic acids is 1. The SMILES string of the molecule is Cl.Cn1cc(C(O)CNC(=O)C2CC3CCCC(C2)C3N)cn1. The number of halogens is 1. The molecule has 4 N–H and O–H groups in total. The summed E-state index contributed by atoms with van der Waals surface area (Å²) in [6, 6.07) is 0.277. The Labute approximate surface area is 143 Å². The first-order valence-electron chi connectivity index (χ1n) is 8.24. The Morgan fingerprint density at radius 2 is 2.13 bits per heavy atom. The quantitative estimate of drug-likeness (QED) is 0.765. The van der Waals surface area contributed by atoms with Crippen molar-refractivity contribution in [2.24, 2.45) is 30.5 Å². The molecule has 3 rings (SSSR count). The molecule has 2 fully saturated rings. The van der Waals surface area contributed by atoms with Gasteiger partial charge in [-0.15, -0.1) is 12.4 Å². The van der Waals surface area contributed by atoms with Crippen molar-refractivity contribution in [1.82, 2.24) is 15.1 Å². The van der Waals surface area contributed by atoms with E-state index in [0.29, 0.717) is 11.8 Å². The molecule has 1 amide bonds. The number of rotatable bonds is 4. The summed E-state index contributed by atoms with van der Waals surface area (Å²) in [6.45, 7) is 0.239. The molecule has 0 saturated heterocycles. The molecule has 130 valence electrons. The molecule has 2 aliphatic rings. The lowest BCUT2D eigenvalue weighted by molar-refractivity contribution is -0.128. The van der Waals surface area contributed by atoms with Gasteiger partial charge in [0.2, 0.25) is 5.91 Å². The van der Waals surface area contributed by atoms with Gasteiger partial charge in [0, 0.05) is 37.3 Å². The third-order valence-corrected chi connectivity index (χ3v) is 5.36. The Kier molecular flexibility index (Phi) is 6.06. The molecular weight excluding hydrogens is 316 g/mol. The van der Waals surface area contributed by atoms with Crippen LogP contribution in [0.4, 0.5) is 0 Å². The molecule has 3 atom stereocenters. The van der Waals surface area contributed by atoms with Crippen LogP contribution in [0, 0.1) is 17.8 Å². The average molecular weight is 343 g/mol. The molecule has 3 unspecified atom stereocenters. The van der Waals surface area contributed by atoms with Gasteiger partial charge in [-0.2, -0.15) is 5.10 Å². The number of aliphatic hydroxyl groups excluding tert-OH is 1. The molecule has 1 aromatic heterocycles. The fraction of sp³-hybridized carbons (Fsp3) is 0.750. The fourth-order valence-electron chi connectivity index (χ4n) is 4.07. The van der Waals surface area contributed by atoms with Gasteiger partial charge in [0.1, 0.15) is 0 Å². The second kappa shape index (κ2) is 7.64. The van der Waals surface area contributed by atoms with E-state index in [-0.39, 0.29) is 36.8 Å². The van der Waals surface area contributed by atoms with Crippen LogP contribution < -0.4 is 11.1 Å². The van der Waals surface area contributed by atoms with Crippen LogP contribution in [0.25, 0.3) is 0 Å². The molecule has 2 bridgehead atoms. The smallest absolute Gasteiger partial charge is 0.223 e. The first-order valence-corrected chi connectivity index (χ1v) is 8.24. The van der Waals surface area contributed by atoms with E-state index in [1.54, 1.807) is 24.1 Å². The molecule has 2 saturated carbocycles. The van der Waals surface area contributed by atoms with Gasteiger partial charge in [-0.05, 0) is 37.5 Å². The summed E-state index contributed by atoms with van der Waals surface area (Å²) in [6.07, 6.45) is 8.03. The summed E-state index contributed by atoms with van der Waals surface area (Å²) in [5.41, 5.74) is 6.99. The minimum Gasteiger partial charge on any atom is -0.386 e. The largest absolute Gasteiger partial charge is 0.386 e. The van der Waals surface area contributed by atoms with E-state index in [1.165, 1.54) is 6.42 Å². The normalized spacial score (nSPS) is 31.1. The summed E-state index contributed by atoms with van der Waals surface area (Å²) >= 11 is 0. The van der Waals surface area contributed by atoms with E-state index >= 15 is 0 Å². The van der Waals surface area contributed by atoms with Gasteiger partial charge in [-0.1, -0.05) is 6.42 Å². The Balaban J connectivity index is 0.00000192. The second-order valence-corrected chi connectivity index (χ2v) is 6.91. The zero-order valence-corrected chi connectivity index (χ0v) is 14.3. The number of aryl methyl sites for hydroxylation is 1. The molecule has 0 spiro atoms. The summed E-state index contributed by atoms with van der Waals surface area (Å²) in [5, 5.41) is 17.0. The molecule has 1 aromatic rings. The molecule has 1 heterocycles. The Bertz CT molecular complexity index is 522. The monoisotopic (exact) mass is 342 g/mol. The number of nitrogens with one attached hydrogen (secondary N) is 1. The maximum atomic E-state index is 12.4. The van der Waals surface area contributed by atoms with Gasteiger partial charge in [0.15, 0.2) is 0 Å². The topological polar surface area (TPSA) is 93.2 Å². The third-order valence-electron chi connectivity index (χ3n) is 5.36. The number of hydrogen-bond donors (Lipinski definition) is 3. The number of amides is 1. The van der Waals surface area contributed by atoms with Crippen LogP contribution in [0.5, 0.6) is 0 Å². The molecule has 0 aliphatic heterocycles. The lowest BCUT2D eigenvalue weighted by Gasteiger charge is -2.43. The Morgan fingerprint density at radius 3 is 2.70 bits per heavy atom. The van der Waals surface area contributed by atoms with E-state index in [9.17, 15) is 9.90 Å². The van der Waals surface area contributed by atoms with Gasteiger partial charge >= 0.3 is 0 Å². The van der Waals surface area contributed by atoms with E-state index < -0.39 is 6.10 Å². The van der Waals surface area contributed by atoms with Crippen molar-refractivity contribution in [1.29, 1.82) is 0 Å². The first kappa shape index (κ1) is 18.2. The highest BCUT2D eigenvalue weighted by atomic mass is 35.5. The molecule has 7 heteroatoms. The molecule has 0 aromatic carbocycles. The number of aromatic nitrogens is 2. The average Bonchev–Trinajstić information content (AvgIpc) is 2.91. The Morgan fingerprint density at radius 1 is 1.48 bits per heavy atom. The number of hydrogen-bond acceptors (Lipinski definition) is 4.